The second-order valence-corrected chi connectivity index (χ2v) is 7.90. The molecule has 0 fully saturated rings. The zero-order valence-corrected chi connectivity index (χ0v) is 17.8. The molecule has 27 heavy (non-hydrogen) atoms. The van der Waals surface area contributed by atoms with Gasteiger partial charge in [-0.25, -0.2) is 4.68 Å². The smallest absolute Gasteiger partial charge is 0.234 e. The van der Waals surface area contributed by atoms with Crippen LogP contribution in [0.5, 0.6) is 5.75 Å². The van der Waals surface area contributed by atoms with Gasteiger partial charge in [0.25, 0.3) is 0 Å². The van der Waals surface area contributed by atoms with Crippen molar-refractivity contribution in [3.05, 3.63) is 29.0 Å². The summed E-state index contributed by atoms with van der Waals surface area (Å²) in [5.41, 5.74) is 0.718. The molecular weight excluding hydrogens is 362 g/mol. The second-order valence-electron chi connectivity index (χ2n) is 7.53. The van der Waals surface area contributed by atoms with Crippen LogP contribution in [0.25, 0.3) is 11.4 Å². The summed E-state index contributed by atoms with van der Waals surface area (Å²) in [5.74, 6) is 1.57. The molecule has 8 heteroatoms. The van der Waals surface area contributed by atoms with Gasteiger partial charge in [-0.3, -0.25) is 9.69 Å². The fourth-order valence-electron chi connectivity index (χ4n) is 2.75. The Kier molecular flexibility index (Phi) is 6.78. The Morgan fingerprint density at radius 3 is 2.44 bits per heavy atom. The number of methoxy groups -OCH3 is 1. The van der Waals surface area contributed by atoms with Gasteiger partial charge in [-0.2, -0.15) is 5.10 Å². The molecule has 1 N–H and O–H groups in total. The topological polar surface area (TPSA) is 64.3 Å². The van der Waals surface area contributed by atoms with Crippen molar-refractivity contribution in [2.24, 2.45) is 0 Å². The lowest BCUT2D eigenvalue weighted by Gasteiger charge is -2.23. The molecule has 0 bridgehead atoms. The summed E-state index contributed by atoms with van der Waals surface area (Å²) in [4.78, 5) is 14.0. The Labute approximate surface area is 165 Å². The molecular formula is C19H29N5O2S. The molecule has 0 aliphatic heterocycles. The lowest BCUT2D eigenvalue weighted by molar-refractivity contribution is -0.123. The molecule has 2 rings (SSSR count). The summed E-state index contributed by atoms with van der Waals surface area (Å²) in [6.45, 7) is 9.35. The van der Waals surface area contributed by atoms with Gasteiger partial charge in [0.2, 0.25) is 5.91 Å². The second kappa shape index (κ2) is 8.67. The van der Waals surface area contributed by atoms with Crippen LogP contribution in [0.15, 0.2) is 24.3 Å². The van der Waals surface area contributed by atoms with E-state index < -0.39 is 0 Å². The number of nitrogens with one attached hydrogen (secondary N) is 1. The Balaban J connectivity index is 2.19. The molecule has 0 saturated carbocycles. The number of hydrogen-bond donors (Lipinski definition) is 1. The summed E-state index contributed by atoms with van der Waals surface area (Å²) in [5, 5.41) is 7.65. The number of amides is 1. The van der Waals surface area contributed by atoms with Crippen molar-refractivity contribution < 1.29 is 9.53 Å². The quantitative estimate of drug-likeness (QED) is 0.735. The van der Waals surface area contributed by atoms with Gasteiger partial charge in [-0.15, -0.1) is 0 Å². The van der Waals surface area contributed by atoms with Gasteiger partial charge in [0.1, 0.15) is 5.75 Å². The van der Waals surface area contributed by atoms with E-state index in [1.165, 1.54) is 0 Å². The number of nitrogens with zero attached hydrogens (tertiary/aromatic N) is 4. The minimum absolute atomic E-state index is 0.0261. The molecule has 1 heterocycles. The van der Waals surface area contributed by atoms with E-state index >= 15 is 0 Å². The first-order valence-corrected chi connectivity index (χ1v) is 9.37. The van der Waals surface area contributed by atoms with Crippen LogP contribution in [0.1, 0.15) is 27.7 Å². The van der Waals surface area contributed by atoms with E-state index in [4.69, 9.17) is 17.0 Å². The summed E-state index contributed by atoms with van der Waals surface area (Å²) in [7, 11) is 3.52. The van der Waals surface area contributed by atoms with Crippen molar-refractivity contribution in [3.8, 4) is 17.1 Å². The first kappa shape index (κ1) is 21.1. The zero-order valence-electron chi connectivity index (χ0n) is 16.9. The number of carbonyl (C=O) groups excluding carboxylic acids is 1. The summed E-state index contributed by atoms with van der Waals surface area (Å²) < 4.78 is 9.59. The first-order chi connectivity index (χ1) is 12.6. The van der Waals surface area contributed by atoms with Gasteiger partial charge in [-0.05, 0) is 71.2 Å². The van der Waals surface area contributed by atoms with Crippen molar-refractivity contribution in [3.63, 3.8) is 0 Å². The highest BCUT2D eigenvalue weighted by Gasteiger charge is 2.17. The van der Waals surface area contributed by atoms with Crippen LogP contribution in [-0.4, -0.2) is 51.4 Å². The minimum Gasteiger partial charge on any atom is -0.497 e. The fraction of sp³-hybridized carbons (Fsp3) is 0.526. The summed E-state index contributed by atoms with van der Waals surface area (Å²) in [6, 6.07) is 7.74. The van der Waals surface area contributed by atoms with E-state index in [0.29, 0.717) is 18.0 Å². The molecule has 7 nitrogen and oxygen atoms in total. The van der Waals surface area contributed by atoms with Gasteiger partial charge in [0, 0.05) is 17.6 Å². The number of benzene rings is 1. The van der Waals surface area contributed by atoms with Crippen LogP contribution in [0, 0.1) is 4.77 Å². The number of rotatable bonds is 7. The molecule has 0 atom stereocenters. The summed E-state index contributed by atoms with van der Waals surface area (Å²) in [6.07, 6.45) is 0. The minimum atomic E-state index is -0.250. The van der Waals surface area contributed by atoms with Crippen molar-refractivity contribution in [1.29, 1.82) is 0 Å². The molecule has 0 unspecified atom stereocenters. The van der Waals surface area contributed by atoms with Crippen LogP contribution in [-0.2, 0) is 18.0 Å². The zero-order chi connectivity index (χ0) is 20.2. The third-order valence-electron chi connectivity index (χ3n) is 3.89. The van der Waals surface area contributed by atoms with E-state index in [1.807, 2.05) is 68.5 Å². The average Bonchev–Trinajstić information content (AvgIpc) is 2.88. The van der Waals surface area contributed by atoms with E-state index in [0.717, 1.165) is 17.1 Å². The first-order valence-electron chi connectivity index (χ1n) is 8.96. The number of carbonyl (C=O) groups is 1. The maximum Gasteiger partial charge on any atom is 0.234 e. The molecule has 1 amide bonds. The average molecular weight is 392 g/mol. The van der Waals surface area contributed by atoms with Crippen molar-refractivity contribution >= 4 is 18.1 Å². The molecule has 1 aromatic heterocycles. The maximum absolute atomic E-state index is 12.1. The molecule has 148 valence electrons. The normalized spacial score (nSPS) is 11.7. The van der Waals surface area contributed by atoms with E-state index in [2.05, 4.69) is 10.4 Å². The Bertz CT molecular complexity index is 833. The third-order valence-corrected chi connectivity index (χ3v) is 4.32. The standard InChI is InChI=1S/C19H29N5O2S/c1-7-23-17(14-8-10-15(26-6)11-9-14)21-24(18(23)27)13-22(5)12-16(25)20-19(2,3)4/h8-11H,7,12-13H2,1-6H3,(H,20,25). The number of hydrogen-bond acceptors (Lipinski definition) is 5. The van der Waals surface area contributed by atoms with E-state index in [9.17, 15) is 4.79 Å². The van der Waals surface area contributed by atoms with Crippen LogP contribution >= 0.6 is 12.2 Å². The molecule has 0 radical (unpaired) electrons. The van der Waals surface area contributed by atoms with Crippen LogP contribution in [0.3, 0.4) is 0 Å². The predicted molar refractivity (Wildman–Crippen MR) is 109 cm³/mol. The largest absolute Gasteiger partial charge is 0.497 e. The number of aromatic nitrogens is 3. The molecule has 0 aliphatic carbocycles. The SMILES string of the molecule is CCn1c(-c2ccc(OC)cc2)nn(CN(C)CC(=O)NC(C)(C)C)c1=S. The Morgan fingerprint density at radius 1 is 1.30 bits per heavy atom. The Hall–Kier alpha value is -2.19. The van der Waals surface area contributed by atoms with Crippen molar-refractivity contribution in [2.45, 2.75) is 46.4 Å². The lowest BCUT2D eigenvalue weighted by Crippen LogP contribution is -2.45. The van der Waals surface area contributed by atoms with Crippen LogP contribution in [0.4, 0.5) is 0 Å². The maximum atomic E-state index is 12.1. The van der Waals surface area contributed by atoms with E-state index in [-0.39, 0.29) is 18.0 Å². The molecule has 0 spiro atoms. The monoisotopic (exact) mass is 391 g/mol. The van der Waals surface area contributed by atoms with Gasteiger partial charge >= 0.3 is 0 Å². The molecule has 0 saturated heterocycles. The number of likely N-dealkylation sites (N-methyl/N-ethyl adjacent to an activating group) is 1. The summed E-state index contributed by atoms with van der Waals surface area (Å²) >= 11 is 5.59. The van der Waals surface area contributed by atoms with Crippen molar-refractivity contribution in [2.75, 3.05) is 20.7 Å². The van der Waals surface area contributed by atoms with E-state index in [1.54, 1.807) is 11.8 Å². The number of ether oxygens (including phenoxy) is 1. The molecule has 1 aromatic carbocycles. The van der Waals surface area contributed by atoms with Crippen LogP contribution in [0.2, 0.25) is 0 Å². The van der Waals surface area contributed by atoms with Gasteiger partial charge < -0.3 is 14.6 Å². The molecule has 2 aromatic rings. The predicted octanol–water partition coefficient (Wildman–Crippen LogP) is 2.91. The fourth-order valence-corrected chi connectivity index (χ4v) is 3.07. The van der Waals surface area contributed by atoms with Gasteiger partial charge in [-0.1, -0.05) is 0 Å². The highest BCUT2D eigenvalue weighted by Crippen LogP contribution is 2.21. The molecule has 0 aliphatic rings. The van der Waals surface area contributed by atoms with Gasteiger partial charge in [0.05, 0.1) is 20.3 Å². The van der Waals surface area contributed by atoms with Crippen LogP contribution < -0.4 is 10.1 Å². The lowest BCUT2D eigenvalue weighted by atomic mass is 10.1. The van der Waals surface area contributed by atoms with Crippen molar-refractivity contribution in [1.82, 2.24) is 24.6 Å². The van der Waals surface area contributed by atoms with Gasteiger partial charge in [0.15, 0.2) is 10.6 Å². The highest BCUT2D eigenvalue weighted by atomic mass is 32.1. The highest BCUT2D eigenvalue weighted by molar-refractivity contribution is 7.71. The third kappa shape index (κ3) is 5.64. The Morgan fingerprint density at radius 2 is 1.93 bits per heavy atom.